The topological polar surface area (TPSA) is 105 Å². The number of carboxylic acid groups (broad SMARTS) is 1. The number of para-hydroxylation sites is 1. The van der Waals surface area contributed by atoms with Crippen molar-refractivity contribution in [3.05, 3.63) is 59.2 Å². The van der Waals surface area contributed by atoms with Crippen LogP contribution in [0.2, 0.25) is 0 Å². The van der Waals surface area contributed by atoms with E-state index in [2.05, 4.69) is 24.0 Å². The molecule has 3 atom stereocenters. The number of unbranched alkanes of at least 4 members (excludes halogenated alkanes) is 1. The molecule has 1 saturated heterocycles. The number of fused-ring (bicyclic) bond motifs is 1. The van der Waals surface area contributed by atoms with E-state index in [4.69, 9.17) is 15.2 Å². The highest BCUT2D eigenvalue weighted by Gasteiger charge is 2.47. The second-order valence-electron chi connectivity index (χ2n) is 10.7. The van der Waals surface area contributed by atoms with Crippen LogP contribution >= 0.6 is 0 Å². The minimum atomic E-state index is -0.807. The van der Waals surface area contributed by atoms with E-state index in [-0.39, 0.29) is 24.4 Å². The fourth-order valence-electron chi connectivity index (χ4n) is 6.18. The summed E-state index contributed by atoms with van der Waals surface area (Å²) in [5, 5.41) is 10.5. The maximum atomic E-state index is 13.4. The minimum absolute atomic E-state index is 0.0239. The van der Waals surface area contributed by atoms with Crippen LogP contribution < -0.4 is 15.2 Å². The van der Waals surface area contributed by atoms with Gasteiger partial charge in [0.2, 0.25) is 5.91 Å². The van der Waals surface area contributed by atoms with Crippen molar-refractivity contribution in [3.63, 3.8) is 0 Å². The molecule has 2 heterocycles. The molecule has 0 radical (unpaired) electrons. The van der Waals surface area contributed by atoms with E-state index in [1.165, 1.54) is 0 Å². The molecule has 2 aliphatic heterocycles. The summed E-state index contributed by atoms with van der Waals surface area (Å²) in [5.41, 5.74) is 9.07. The third-order valence-corrected chi connectivity index (χ3v) is 8.19. The first kappa shape index (κ1) is 28.9. The normalized spacial score (nSPS) is 20.4. The molecular weight excluding hydrogens is 494 g/mol. The predicted molar refractivity (Wildman–Crippen MR) is 151 cm³/mol. The van der Waals surface area contributed by atoms with Crippen molar-refractivity contribution in [3.8, 4) is 11.5 Å². The number of methoxy groups -OCH3 is 1. The molecular formula is C31H43N3O5. The first-order valence-corrected chi connectivity index (χ1v) is 14.3. The number of carbonyl (C=O) groups is 2. The number of benzene rings is 2. The summed E-state index contributed by atoms with van der Waals surface area (Å²) in [5.74, 6) is 0.148. The van der Waals surface area contributed by atoms with Crippen molar-refractivity contribution in [2.24, 2.45) is 11.7 Å². The molecule has 8 heteroatoms. The number of amides is 1. The number of nitrogens with zero attached hydrogens (tertiary/aromatic N) is 2. The van der Waals surface area contributed by atoms with Crippen LogP contribution in [0.3, 0.4) is 0 Å². The van der Waals surface area contributed by atoms with Crippen LogP contribution in [-0.2, 0) is 22.4 Å². The Labute approximate surface area is 232 Å². The second-order valence-corrected chi connectivity index (χ2v) is 10.7. The molecule has 0 saturated carbocycles. The summed E-state index contributed by atoms with van der Waals surface area (Å²) in [6.07, 6.45) is 5.01. The highest BCUT2D eigenvalue weighted by Crippen LogP contribution is 2.41. The first-order chi connectivity index (χ1) is 19.0. The van der Waals surface area contributed by atoms with Gasteiger partial charge in [-0.2, -0.15) is 0 Å². The number of nitrogens with two attached hydrogens (primary N) is 1. The molecule has 1 fully saturated rings. The van der Waals surface area contributed by atoms with Crippen molar-refractivity contribution < 1.29 is 24.2 Å². The number of hydrogen-bond donors (Lipinski definition) is 2. The van der Waals surface area contributed by atoms with Gasteiger partial charge in [-0.05, 0) is 54.5 Å². The van der Waals surface area contributed by atoms with Gasteiger partial charge in [-0.1, -0.05) is 43.7 Å². The lowest BCUT2D eigenvalue weighted by atomic mass is 9.83. The summed E-state index contributed by atoms with van der Waals surface area (Å²) in [6.45, 7) is 5.11. The van der Waals surface area contributed by atoms with E-state index < -0.39 is 11.9 Å². The third-order valence-electron chi connectivity index (χ3n) is 8.19. The molecule has 39 heavy (non-hydrogen) atoms. The van der Waals surface area contributed by atoms with Gasteiger partial charge in [0.1, 0.15) is 11.5 Å². The van der Waals surface area contributed by atoms with Crippen LogP contribution in [0.4, 0.5) is 0 Å². The number of aliphatic carboxylic acids is 1. The zero-order valence-electron chi connectivity index (χ0n) is 23.3. The van der Waals surface area contributed by atoms with Gasteiger partial charge in [0.05, 0.1) is 26.2 Å². The number of likely N-dealkylation sites (tertiary alicyclic amines) is 1. The van der Waals surface area contributed by atoms with Gasteiger partial charge in [-0.25, -0.2) is 0 Å². The molecule has 1 amide bonds. The van der Waals surface area contributed by atoms with Gasteiger partial charge in [0.25, 0.3) is 0 Å². The van der Waals surface area contributed by atoms with Crippen LogP contribution in [0.15, 0.2) is 42.5 Å². The number of hydrogen-bond acceptors (Lipinski definition) is 6. The summed E-state index contributed by atoms with van der Waals surface area (Å²) in [6, 6.07) is 13.8. The maximum absolute atomic E-state index is 13.4. The lowest BCUT2D eigenvalue weighted by Gasteiger charge is -2.29. The molecule has 3 N–H and O–H groups in total. The molecule has 0 bridgehead atoms. The zero-order chi connectivity index (χ0) is 27.8. The van der Waals surface area contributed by atoms with Gasteiger partial charge >= 0.3 is 5.97 Å². The number of aryl methyl sites for hydroxylation is 1. The SMILES string of the molecule is CCCCN(CCN)C(=O)CN1C[C@H](c2ccc3c(c2)CCO3)[C@@H](C(=O)O)[C@@H]1CCCc1ccccc1OC. The van der Waals surface area contributed by atoms with E-state index in [0.717, 1.165) is 60.3 Å². The Hall–Kier alpha value is -3.10. The Morgan fingerprint density at radius 2 is 2.00 bits per heavy atom. The lowest BCUT2D eigenvalue weighted by molar-refractivity contribution is -0.143. The molecule has 0 aromatic heterocycles. The van der Waals surface area contributed by atoms with E-state index in [1.807, 2.05) is 35.2 Å². The summed E-state index contributed by atoms with van der Waals surface area (Å²) in [4.78, 5) is 30.2. The quantitative estimate of drug-likeness (QED) is 0.379. The lowest BCUT2D eigenvalue weighted by Crippen LogP contribution is -2.45. The fourth-order valence-corrected chi connectivity index (χ4v) is 6.18. The highest BCUT2D eigenvalue weighted by atomic mass is 16.5. The number of rotatable bonds is 14. The van der Waals surface area contributed by atoms with Crippen molar-refractivity contribution >= 4 is 11.9 Å². The van der Waals surface area contributed by atoms with Crippen molar-refractivity contribution in [1.82, 2.24) is 9.80 Å². The number of ether oxygens (including phenoxy) is 2. The minimum Gasteiger partial charge on any atom is -0.496 e. The highest BCUT2D eigenvalue weighted by molar-refractivity contribution is 5.79. The van der Waals surface area contributed by atoms with E-state index in [1.54, 1.807) is 7.11 Å². The molecule has 0 aliphatic carbocycles. The Morgan fingerprint density at radius 3 is 2.74 bits per heavy atom. The number of carboxylic acids is 1. The molecule has 2 aromatic rings. The first-order valence-electron chi connectivity index (χ1n) is 14.3. The van der Waals surface area contributed by atoms with Crippen molar-refractivity contribution in [2.45, 2.75) is 57.4 Å². The molecule has 2 aliphatic rings. The van der Waals surface area contributed by atoms with Crippen LogP contribution in [0.1, 0.15) is 55.2 Å². The molecule has 4 rings (SSSR count). The summed E-state index contributed by atoms with van der Waals surface area (Å²) in [7, 11) is 1.67. The molecule has 212 valence electrons. The Bertz CT molecular complexity index is 1120. The maximum Gasteiger partial charge on any atom is 0.308 e. The Morgan fingerprint density at radius 1 is 1.18 bits per heavy atom. The van der Waals surface area contributed by atoms with E-state index >= 15 is 0 Å². The standard InChI is InChI=1S/C31H43N3O5/c1-3-4-16-33(17-15-32)29(35)21-34-20-25(23-12-13-28-24(19-23)14-18-39-28)30(31(36)37)26(34)10-7-9-22-8-5-6-11-27(22)38-2/h5-6,8,11-13,19,25-26,30H,3-4,7,9-10,14-18,20-21,32H2,1-2H3,(H,36,37)/t25-,26+,30-/m1/s1. The van der Waals surface area contributed by atoms with Gasteiger partial charge < -0.3 is 25.2 Å². The molecule has 2 aromatic carbocycles. The molecule has 0 spiro atoms. The van der Waals surface area contributed by atoms with Crippen molar-refractivity contribution in [2.75, 3.05) is 46.4 Å². The van der Waals surface area contributed by atoms with Crippen LogP contribution in [-0.4, -0.2) is 79.3 Å². The smallest absolute Gasteiger partial charge is 0.308 e. The number of carbonyl (C=O) groups excluding carboxylic acids is 1. The average molecular weight is 538 g/mol. The molecule has 0 unspecified atom stereocenters. The van der Waals surface area contributed by atoms with Gasteiger partial charge in [0.15, 0.2) is 0 Å². The summed E-state index contributed by atoms with van der Waals surface area (Å²) >= 11 is 0. The summed E-state index contributed by atoms with van der Waals surface area (Å²) < 4.78 is 11.2. The van der Waals surface area contributed by atoms with Gasteiger partial charge in [-0.3, -0.25) is 14.5 Å². The fraction of sp³-hybridized carbons (Fsp3) is 0.548. The average Bonchev–Trinajstić information content (AvgIpc) is 3.55. The van der Waals surface area contributed by atoms with Crippen molar-refractivity contribution in [1.29, 1.82) is 0 Å². The van der Waals surface area contributed by atoms with Gasteiger partial charge in [-0.15, -0.1) is 0 Å². The van der Waals surface area contributed by atoms with Crippen LogP contribution in [0, 0.1) is 5.92 Å². The Kier molecular flexibility index (Phi) is 10.2. The predicted octanol–water partition coefficient (Wildman–Crippen LogP) is 3.71. The second kappa shape index (κ2) is 13.8. The van der Waals surface area contributed by atoms with Crippen LogP contribution in [0.25, 0.3) is 0 Å². The molecule has 8 nitrogen and oxygen atoms in total. The zero-order valence-corrected chi connectivity index (χ0v) is 23.3. The van der Waals surface area contributed by atoms with Crippen LogP contribution in [0.5, 0.6) is 11.5 Å². The van der Waals surface area contributed by atoms with E-state index in [0.29, 0.717) is 39.2 Å². The Balaban J connectivity index is 1.57. The van der Waals surface area contributed by atoms with E-state index in [9.17, 15) is 14.7 Å². The largest absolute Gasteiger partial charge is 0.496 e. The van der Waals surface area contributed by atoms with Gasteiger partial charge in [0, 0.05) is 44.6 Å². The third kappa shape index (κ3) is 6.92. The monoisotopic (exact) mass is 537 g/mol.